The minimum absolute atomic E-state index is 0.128. The molecule has 0 saturated carbocycles. The molecule has 0 N–H and O–H groups in total. The molecule has 0 unspecified atom stereocenters. The van der Waals surface area contributed by atoms with Crippen molar-refractivity contribution in [1.82, 2.24) is 0 Å². The van der Waals surface area contributed by atoms with E-state index < -0.39 is 4.92 Å². The first kappa shape index (κ1) is 10.3. The van der Waals surface area contributed by atoms with E-state index in [1.165, 1.54) is 13.2 Å². The monoisotopic (exact) mass is 197 g/mol. The molecule has 5 heteroatoms. The molecule has 0 atom stereocenters. The molecule has 0 aromatic heterocycles. The van der Waals surface area contributed by atoms with E-state index in [1.54, 1.807) is 19.1 Å². The van der Waals surface area contributed by atoms with Gasteiger partial charge in [-0.1, -0.05) is 6.07 Å². The van der Waals surface area contributed by atoms with E-state index in [0.29, 0.717) is 6.61 Å². The van der Waals surface area contributed by atoms with Gasteiger partial charge in [0.25, 0.3) is 0 Å². The van der Waals surface area contributed by atoms with Crippen molar-refractivity contribution < 1.29 is 14.4 Å². The molecule has 1 rings (SSSR count). The predicted octanol–water partition coefficient (Wildman–Crippen LogP) is 2.00. The Morgan fingerprint density at radius 3 is 2.57 bits per heavy atom. The van der Waals surface area contributed by atoms with Gasteiger partial charge in [-0.2, -0.15) is 0 Å². The number of hydrogen-bond acceptors (Lipinski definition) is 4. The van der Waals surface area contributed by atoms with Gasteiger partial charge in [0.1, 0.15) is 0 Å². The standard InChI is InChI=1S/C9H11NO4/c1-3-14-8-6-4-5-7(13-2)9(8)10(11)12/h4-6H,3H2,1-2H3. The first-order valence-electron chi connectivity index (χ1n) is 4.15. The van der Waals surface area contributed by atoms with Crippen LogP contribution in [0.3, 0.4) is 0 Å². The average Bonchev–Trinajstić information content (AvgIpc) is 2.17. The van der Waals surface area contributed by atoms with Crippen LogP contribution in [0.15, 0.2) is 18.2 Å². The fourth-order valence-electron chi connectivity index (χ4n) is 1.12. The summed E-state index contributed by atoms with van der Waals surface area (Å²) in [5, 5.41) is 10.7. The van der Waals surface area contributed by atoms with Gasteiger partial charge in [0.2, 0.25) is 11.5 Å². The van der Waals surface area contributed by atoms with Crippen molar-refractivity contribution in [2.75, 3.05) is 13.7 Å². The van der Waals surface area contributed by atoms with Crippen LogP contribution in [0.4, 0.5) is 5.69 Å². The van der Waals surface area contributed by atoms with Crippen molar-refractivity contribution in [1.29, 1.82) is 0 Å². The van der Waals surface area contributed by atoms with Crippen molar-refractivity contribution in [3.8, 4) is 11.5 Å². The zero-order valence-electron chi connectivity index (χ0n) is 8.02. The molecule has 1 aromatic rings. The molecule has 0 aliphatic carbocycles. The van der Waals surface area contributed by atoms with Gasteiger partial charge in [-0.3, -0.25) is 10.1 Å². The number of nitro benzene ring substituents is 1. The fraction of sp³-hybridized carbons (Fsp3) is 0.333. The highest BCUT2D eigenvalue weighted by atomic mass is 16.6. The van der Waals surface area contributed by atoms with Crippen LogP contribution in [-0.2, 0) is 0 Å². The molecule has 5 nitrogen and oxygen atoms in total. The third kappa shape index (κ3) is 1.93. The molecule has 0 heterocycles. The molecule has 0 aliphatic rings. The lowest BCUT2D eigenvalue weighted by Gasteiger charge is -2.06. The minimum atomic E-state index is -0.510. The Morgan fingerprint density at radius 1 is 1.43 bits per heavy atom. The predicted molar refractivity (Wildman–Crippen MR) is 50.8 cm³/mol. The second-order valence-electron chi connectivity index (χ2n) is 2.50. The van der Waals surface area contributed by atoms with E-state index in [1.807, 2.05) is 0 Å². The van der Waals surface area contributed by atoms with Crippen LogP contribution >= 0.6 is 0 Å². The summed E-state index contributed by atoms with van der Waals surface area (Å²) in [5.41, 5.74) is -0.128. The number of para-hydroxylation sites is 1. The summed E-state index contributed by atoms with van der Waals surface area (Å²) in [4.78, 5) is 10.2. The maximum Gasteiger partial charge on any atom is 0.352 e. The summed E-state index contributed by atoms with van der Waals surface area (Å²) in [6.07, 6.45) is 0. The smallest absolute Gasteiger partial charge is 0.352 e. The summed E-state index contributed by atoms with van der Waals surface area (Å²) in [6, 6.07) is 4.72. The maximum absolute atomic E-state index is 10.7. The zero-order chi connectivity index (χ0) is 10.6. The SMILES string of the molecule is CCOc1cccc(OC)c1[N+](=O)[O-]. The van der Waals surface area contributed by atoms with Crippen LogP contribution in [0.2, 0.25) is 0 Å². The second kappa shape index (κ2) is 4.45. The summed E-state index contributed by atoms with van der Waals surface area (Å²) >= 11 is 0. The van der Waals surface area contributed by atoms with Crippen LogP contribution in [0.25, 0.3) is 0 Å². The molecule has 0 bridgehead atoms. The highest BCUT2D eigenvalue weighted by molar-refractivity contribution is 5.57. The normalized spacial score (nSPS) is 9.57. The van der Waals surface area contributed by atoms with E-state index in [4.69, 9.17) is 9.47 Å². The Hall–Kier alpha value is -1.78. The number of nitrogens with zero attached hydrogens (tertiary/aromatic N) is 1. The van der Waals surface area contributed by atoms with Gasteiger partial charge in [-0.05, 0) is 19.1 Å². The van der Waals surface area contributed by atoms with Crippen molar-refractivity contribution in [3.63, 3.8) is 0 Å². The molecule has 1 aromatic carbocycles. The molecular formula is C9H11NO4. The molecule has 0 saturated heterocycles. The number of benzene rings is 1. The van der Waals surface area contributed by atoms with Crippen molar-refractivity contribution in [2.45, 2.75) is 6.92 Å². The largest absolute Gasteiger partial charge is 0.490 e. The van der Waals surface area contributed by atoms with E-state index in [9.17, 15) is 10.1 Å². The van der Waals surface area contributed by atoms with E-state index in [0.717, 1.165) is 0 Å². The van der Waals surface area contributed by atoms with Gasteiger partial charge in [0.05, 0.1) is 18.6 Å². The van der Waals surface area contributed by atoms with Gasteiger partial charge >= 0.3 is 5.69 Å². The molecular weight excluding hydrogens is 186 g/mol. The van der Waals surface area contributed by atoms with Crippen LogP contribution in [0.1, 0.15) is 6.92 Å². The van der Waals surface area contributed by atoms with Crippen LogP contribution in [0.5, 0.6) is 11.5 Å². The second-order valence-corrected chi connectivity index (χ2v) is 2.50. The lowest BCUT2D eigenvalue weighted by Crippen LogP contribution is -1.99. The highest BCUT2D eigenvalue weighted by Crippen LogP contribution is 2.35. The lowest BCUT2D eigenvalue weighted by atomic mass is 10.2. The van der Waals surface area contributed by atoms with Crippen LogP contribution in [-0.4, -0.2) is 18.6 Å². The molecule has 0 radical (unpaired) electrons. The first-order chi connectivity index (χ1) is 6.70. The van der Waals surface area contributed by atoms with E-state index in [2.05, 4.69) is 0 Å². The van der Waals surface area contributed by atoms with Crippen LogP contribution in [0, 0.1) is 10.1 Å². The Kier molecular flexibility index (Phi) is 3.28. The Morgan fingerprint density at radius 2 is 2.07 bits per heavy atom. The van der Waals surface area contributed by atoms with Gasteiger partial charge in [-0.25, -0.2) is 0 Å². The summed E-state index contributed by atoms with van der Waals surface area (Å²) in [6.45, 7) is 2.15. The third-order valence-corrected chi connectivity index (χ3v) is 1.66. The summed E-state index contributed by atoms with van der Waals surface area (Å²) in [7, 11) is 1.39. The molecule has 0 spiro atoms. The van der Waals surface area contributed by atoms with Gasteiger partial charge in [-0.15, -0.1) is 0 Å². The highest BCUT2D eigenvalue weighted by Gasteiger charge is 2.21. The average molecular weight is 197 g/mol. The quantitative estimate of drug-likeness (QED) is 0.547. The van der Waals surface area contributed by atoms with Gasteiger partial charge < -0.3 is 9.47 Å². The van der Waals surface area contributed by atoms with E-state index in [-0.39, 0.29) is 17.2 Å². The molecule has 0 amide bonds. The zero-order valence-corrected chi connectivity index (χ0v) is 8.02. The number of ether oxygens (including phenoxy) is 2. The third-order valence-electron chi connectivity index (χ3n) is 1.66. The molecule has 14 heavy (non-hydrogen) atoms. The molecule has 0 aliphatic heterocycles. The van der Waals surface area contributed by atoms with Crippen LogP contribution < -0.4 is 9.47 Å². The van der Waals surface area contributed by atoms with Gasteiger partial charge in [0, 0.05) is 0 Å². The summed E-state index contributed by atoms with van der Waals surface area (Å²) in [5.74, 6) is 0.442. The Labute approximate surface area is 81.4 Å². The fourth-order valence-corrected chi connectivity index (χ4v) is 1.12. The number of methoxy groups -OCH3 is 1. The maximum atomic E-state index is 10.7. The van der Waals surface area contributed by atoms with Crippen molar-refractivity contribution in [3.05, 3.63) is 28.3 Å². The first-order valence-corrected chi connectivity index (χ1v) is 4.15. The minimum Gasteiger partial charge on any atom is -0.490 e. The topological polar surface area (TPSA) is 61.6 Å². The van der Waals surface area contributed by atoms with Gasteiger partial charge in [0.15, 0.2) is 0 Å². The molecule has 76 valence electrons. The summed E-state index contributed by atoms with van der Waals surface area (Å²) < 4.78 is 9.99. The lowest BCUT2D eigenvalue weighted by molar-refractivity contribution is -0.386. The van der Waals surface area contributed by atoms with Crippen molar-refractivity contribution >= 4 is 5.69 Å². The number of hydrogen-bond donors (Lipinski definition) is 0. The Balaban J connectivity index is 3.20. The number of nitro groups is 1. The van der Waals surface area contributed by atoms with Crippen molar-refractivity contribution in [2.24, 2.45) is 0 Å². The van der Waals surface area contributed by atoms with E-state index >= 15 is 0 Å². The Bertz CT molecular complexity index is 338. The number of rotatable bonds is 4. The molecule has 0 fully saturated rings.